The molecule has 0 spiro atoms. The summed E-state index contributed by atoms with van der Waals surface area (Å²) in [5.74, 6) is 0.691. The minimum Gasteiger partial charge on any atom is -0.603 e. The van der Waals surface area contributed by atoms with Crippen LogP contribution in [0.1, 0.15) is 33.1 Å². The molecular weight excluding hydrogens is 207 g/mol. The molecule has 0 aromatic heterocycles. The van der Waals surface area contributed by atoms with Crippen molar-refractivity contribution >= 4 is 13.3 Å². The van der Waals surface area contributed by atoms with E-state index in [0.29, 0.717) is 12.5 Å². The zero-order valence-electron chi connectivity index (χ0n) is 9.48. The van der Waals surface area contributed by atoms with Crippen molar-refractivity contribution in [3.05, 3.63) is 24.3 Å². The SMILES string of the molecule is CC(C)CCCO/[P+]([O-])=C1/C=CC=CC1. The van der Waals surface area contributed by atoms with Gasteiger partial charge in [-0.2, -0.15) is 4.52 Å². The third-order valence-corrected chi connectivity index (χ3v) is 3.45. The van der Waals surface area contributed by atoms with Crippen molar-refractivity contribution in [2.75, 3.05) is 6.61 Å². The molecule has 2 nitrogen and oxygen atoms in total. The molecule has 84 valence electrons. The van der Waals surface area contributed by atoms with Gasteiger partial charge in [-0.15, -0.1) is 0 Å². The molecule has 0 N–H and O–H groups in total. The summed E-state index contributed by atoms with van der Waals surface area (Å²) < 4.78 is 5.32. The summed E-state index contributed by atoms with van der Waals surface area (Å²) in [6, 6.07) is 0. The highest BCUT2D eigenvalue weighted by Crippen LogP contribution is 2.21. The molecule has 0 aliphatic heterocycles. The highest BCUT2D eigenvalue weighted by Gasteiger charge is 2.08. The second-order valence-electron chi connectivity index (χ2n) is 4.11. The van der Waals surface area contributed by atoms with E-state index in [0.717, 1.165) is 24.6 Å². The van der Waals surface area contributed by atoms with E-state index >= 15 is 0 Å². The Bertz CT molecular complexity index is 277. The topological polar surface area (TPSA) is 32.3 Å². The van der Waals surface area contributed by atoms with Crippen molar-refractivity contribution in [1.82, 2.24) is 0 Å². The lowest BCUT2D eigenvalue weighted by Gasteiger charge is -2.05. The first-order valence-electron chi connectivity index (χ1n) is 5.49. The van der Waals surface area contributed by atoms with Gasteiger partial charge < -0.3 is 4.89 Å². The van der Waals surface area contributed by atoms with Gasteiger partial charge in [0.1, 0.15) is 0 Å². The van der Waals surface area contributed by atoms with Crippen molar-refractivity contribution in [2.45, 2.75) is 33.1 Å². The molecule has 0 bridgehead atoms. The van der Waals surface area contributed by atoms with Crippen molar-refractivity contribution in [3.8, 4) is 0 Å². The smallest absolute Gasteiger partial charge is 0.224 e. The van der Waals surface area contributed by atoms with E-state index in [9.17, 15) is 4.89 Å². The van der Waals surface area contributed by atoms with Gasteiger partial charge in [0, 0.05) is 6.42 Å². The van der Waals surface area contributed by atoms with E-state index in [1.807, 2.05) is 24.3 Å². The Morgan fingerprint density at radius 1 is 1.47 bits per heavy atom. The third kappa shape index (κ3) is 5.27. The van der Waals surface area contributed by atoms with Gasteiger partial charge in [0.25, 0.3) is 0 Å². The summed E-state index contributed by atoms with van der Waals surface area (Å²) >= 11 is 0. The molecule has 1 unspecified atom stereocenters. The summed E-state index contributed by atoms with van der Waals surface area (Å²) in [4.78, 5) is 11.6. The fourth-order valence-electron chi connectivity index (χ4n) is 1.36. The summed E-state index contributed by atoms with van der Waals surface area (Å²) in [7, 11) is -1.60. The van der Waals surface area contributed by atoms with Crippen molar-refractivity contribution < 1.29 is 9.42 Å². The van der Waals surface area contributed by atoms with Crippen molar-refractivity contribution in [3.63, 3.8) is 0 Å². The summed E-state index contributed by atoms with van der Waals surface area (Å²) in [6.45, 7) is 4.97. The van der Waals surface area contributed by atoms with E-state index < -0.39 is 8.00 Å². The van der Waals surface area contributed by atoms with Crippen molar-refractivity contribution in [2.24, 2.45) is 5.92 Å². The fraction of sp³-hybridized carbons (Fsp3) is 0.583. The Morgan fingerprint density at radius 3 is 2.87 bits per heavy atom. The van der Waals surface area contributed by atoms with Gasteiger partial charge in [-0.05, 0) is 24.8 Å². The van der Waals surface area contributed by atoms with Crippen LogP contribution in [0.2, 0.25) is 0 Å². The normalized spacial score (nSPS) is 18.7. The van der Waals surface area contributed by atoms with E-state index in [2.05, 4.69) is 13.8 Å². The Balaban J connectivity index is 2.26. The van der Waals surface area contributed by atoms with E-state index in [-0.39, 0.29) is 0 Å². The molecule has 0 saturated carbocycles. The molecule has 0 amide bonds. The maximum Gasteiger partial charge on any atom is 0.224 e. The maximum atomic E-state index is 11.6. The van der Waals surface area contributed by atoms with E-state index in [1.165, 1.54) is 0 Å². The molecule has 1 aliphatic carbocycles. The number of hydrogen-bond acceptors (Lipinski definition) is 2. The predicted octanol–water partition coefficient (Wildman–Crippen LogP) is 2.80. The number of rotatable bonds is 5. The molecule has 0 heterocycles. The molecule has 1 rings (SSSR count). The Kier molecular flexibility index (Phi) is 5.85. The van der Waals surface area contributed by atoms with Crippen LogP contribution in [-0.4, -0.2) is 11.9 Å². The van der Waals surface area contributed by atoms with Gasteiger partial charge >= 0.3 is 0 Å². The molecule has 0 saturated heterocycles. The predicted molar refractivity (Wildman–Crippen MR) is 64.8 cm³/mol. The fourth-order valence-corrected chi connectivity index (χ4v) is 2.28. The highest BCUT2D eigenvalue weighted by molar-refractivity contribution is 7.47. The maximum absolute atomic E-state index is 11.6. The Labute approximate surface area is 93.2 Å². The van der Waals surface area contributed by atoms with Crippen LogP contribution in [0.3, 0.4) is 0 Å². The monoisotopic (exact) mass is 226 g/mol. The van der Waals surface area contributed by atoms with E-state index in [4.69, 9.17) is 4.52 Å². The lowest BCUT2D eigenvalue weighted by atomic mass is 10.1. The third-order valence-electron chi connectivity index (χ3n) is 2.23. The molecule has 0 aromatic rings. The molecule has 0 aromatic carbocycles. The molecule has 1 atom stereocenters. The zero-order chi connectivity index (χ0) is 11.1. The van der Waals surface area contributed by atoms with Crippen LogP contribution >= 0.6 is 8.00 Å². The molecule has 3 heteroatoms. The van der Waals surface area contributed by atoms with Crippen LogP contribution in [0, 0.1) is 5.92 Å². The Hall–Kier alpha value is -0.430. The van der Waals surface area contributed by atoms with E-state index in [1.54, 1.807) is 0 Å². The van der Waals surface area contributed by atoms with Crippen molar-refractivity contribution in [1.29, 1.82) is 0 Å². The van der Waals surface area contributed by atoms with Gasteiger partial charge in [-0.1, -0.05) is 32.1 Å². The van der Waals surface area contributed by atoms with Crippen LogP contribution in [0.5, 0.6) is 0 Å². The average molecular weight is 226 g/mol. The summed E-state index contributed by atoms with van der Waals surface area (Å²) in [5, 5.41) is 0.900. The molecule has 0 radical (unpaired) electrons. The summed E-state index contributed by atoms with van der Waals surface area (Å²) in [6.07, 6.45) is 10.6. The average Bonchev–Trinajstić information content (AvgIpc) is 2.25. The lowest BCUT2D eigenvalue weighted by Crippen LogP contribution is -2.05. The molecular formula is C12H19O2P. The molecule has 15 heavy (non-hydrogen) atoms. The van der Waals surface area contributed by atoms with Gasteiger partial charge in [-0.25, -0.2) is 0 Å². The van der Waals surface area contributed by atoms with Crippen LogP contribution in [0.25, 0.3) is 0 Å². The van der Waals surface area contributed by atoms with Crippen LogP contribution < -0.4 is 4.89 Å². The molecule has 1 aliphatic rings. The highest BCUT2D eigenvalue weighted by atomic mass is 31.1. The van der Waals surface area contributed by atoms with Crippen LogP contribution in [0.15, 0.2) is 24.3 Å². The molecule has 0 fully saturated rings. The number of hydrogen-bond donors (Lipinski definition) is 0. The van der Waals surface area contributed by atoms with Crippen LogP contribution in [-0.2, 0) is 4.52 Å². The Morgan fingerprint density at radius 2 is 2.27 bits per heavy atom. The van der Waals surface area contributed by atoms with Gasteiger partial charge in [0.2, 0.25) is 8.00 Å². The standard InChI is InChI=1S/C12H19O2P/c1-11(2)7-6-10-14-15(13)12-8-4-3-5-9-12/h3-5,8,11H,6-7,9-10H2,1-2H3. The largest absolute Gasteiger partial charge is 0.603 e. The summed E-state index contributed by atoms with van der Waals surface area (Å²) in [5.41, 5.74) is 0. The minimum absolute atomic E-state index is 0.606. The second kappa shape index (κ2) is 6.95. The minimum atomic E-state index is -1.60. The first kappa shape index (κ1) is 12.6. The first-order valence-corrected chi connectivity index (χ1v) is 6.67. The zero-order valence-corrected chi connectivity index (χ0v) is 10.4. The van der Waals surface area contributed by atoms with Crippen LogP contribution in [0.4, 0.5) is 0 Å². The lowest BCUT2D eigenvalue weighted by molar-refractivity contribution is -0.172. The quantitative estimate of drug-likeness (QED) is 0.533. The number of allylic oxidation sites excluding steroid dienone is 4. The van der Waals surface area contributed by atoms with Gasteiger partial charge in [-0.3, -0.25) is 0 Å². The second-order valence-corrected chi connectivity index (χ2v) is 5.46. The first-order chi connectivity index (χ1) is 7.20. The van der Waals surface area contributed by atoms with Gasteiger partial charge in [0.15, 0.2) is 5.29 Å². The van der Waals surface area contributed by atoms with Gasteiger partial charge in [0.05, 0.1) is 6.61 Å².